The maximum absolute atomic E-state index is 12.2. The summed E-state index contributed by atoms with van der Waals surface area (Å²) < 4.78 is 60.6. The summed E-state index contributed by atoms with van der Waals surface area (Å²) in [7, 11) is 0. The Morgan fingerprint density at radius 3 is 2.40 bits per heavy atom. The van der Waals surface area contributed by atoms with Crippen molar-refractivity contribution >= 4 is 5.78 Å². The van der Waals surface area contributed by atoms with E-state index in [1.54, 1.807) is 0 Å². The second-order valence-electron chi connectivity index (χ2n) is 2.56. The molecule has 82 valence electrons. The van der Waals surface area contributed by atoms with Crippen LogP contribution < -0.4 is 0 Å². The van der Waals surface area contributed by atoms with Crippen LogP contribution in [0.25, 0.3) is 0 Å². The summed E-state index contributed by atoms with van der Waals surface area (Å²) in [5, 5.41) is 0. The molecule has 0 spiro atoms. The van der Waals surface area contributed by atoms with Crippen LogP contribution in [0.3, 0.4) is 0 Å². The zero-order chi connectivity index (χ0) is 11.6. The lowest BCUT2D eigenvalue weighted by Gasteiger charge is -2.09. The Hall–Kier alpha value is -1.53. The lowest BCUT2D eigenvalue weighted by Crippen LogP contribution is -2.19. The summed E-state index contributed by atoms with van der Waals surface area (Å²) in [5.41, 5.74) is -2.70. The molecule has 7 heteroatoms. The quantitative estimate of drug-likeness (QED) is 0.571. The molecular formula is C8H4F5NO. The van der Waals surface area contributed by atoms with Gasteiger partial charge >= 0.3 is 12.6 Å². The number of hydrogen-bond donors (Lipinski definition) is 0. The number of nitrogens with zero attached hydrogens (tertiary/aromatic N) is 1. The Morgan fingerprint density at radius 2 is 1.93 bits per heavy atom. The van der Waals surface area contributed by atoms with Crippen LogP contribution >= 0.6 is 0 Å². The topological polar surface area (TPSA) is 30.0 Å². The Balaban J connectivity index is 3.25. The van der Waals surface area contributed by atoms with Gasteiger partial charge in [-0.2, -0.15) is 13.2 Å². The van der Waals surface area contributed by atoms with E-state index in [0.717, 1.165) is 12.3 Å². The van der Waals surface area contributed by atoms with Gasteiger partial charge in [0.1, 0.15) is 5.69 Å². The maximum Gasteiger partial charge on any atom is 0.418 e. The molecule has 0 radical (unpaired) electrons. The highest BCUT2D eigenvalue weighted by Crippen LogP contribution is 2.31. The van der Waals surface area contributed by atoms with Crippen LogP contribution in [0.15, 0.2) is 18.3 Å². The Kier molecular flexibility index (Phi) is 3.01. The van der Waals surface area contributed by atoms with Gasteiger partial charge in [0.25, 0.3) is 0 Å². The molecule has 0 bridgehead atoms. The first-order valence-corrected chi connectivity index (χ1v) is 3.68. The fraction of sp³-hybridized carbons (Fsp3) is 0.250. The summed E-state index contributed by atoms with van der Waals surface area (Å²) in [5.74, 6) is -1.93. The summed E-state index contributed by atoms with van der Waals surface area (Å²) in [4.78, 5) is 13.7. The van der Waals surface area contributed by atoms with E-state index in [2.05, 4.69) is 4.98 Å². The third-order valence-corrected chi connectivity index (χ3v) is 1.54. The van der Waals surface area contributed by atoms with Crippen molar-refractivity contribution in [1.82, 2.24) is 4.98 Å². The first-order valence-electron chi connectivity index (χ1n) is 3.68. The second kappa shape index (κ2) is 3.92. The largest absolute Gasteiger partial charge is 0.418 e. The standard InChI is InChI=1S/C8H4F5NO/c9-7(10)6(15)5-4(8(11,12)13)2-1-3-14-5/h1-3,7H. The monoisotopic (exact) mass is 225 g/mol. The van der Waals surface area contributed by atoms with Gasteiger partial charge in [-0.25, -0.2) is 8.78 Å². The first kappa shape index (κ1) is 11.5. The molecule has 15 heavy (non-hydrogen) atoms. The van der Waals surface area contributed by atoms with Crippen molar-refractivity contribution < 1.29 is 26.7 Å². The van der Waals surface area contributed by atoms with Crippen molar-refractivity contribution in [3.05, 3.63) is 29.6 Å². The SMILES string of the molecule is O=C(c1ncccc1C(F)(F)F)C(F)F. The van der Waals surface area contributed by atoms with Crippen LogP contribution in [0.5, 0.6) is 0 Å². The van der Waals surface area contributed by atoms with Crippen LogP contribution in [0.1, 0.15) is 16.1 Å². The van der Waals surface area contributed by atoms with Gasteiger partial charge in [-0.05, 0) is 12.1 Å². The highest BCUT2D eigenvalue weighted by atomic mass is 19.4. The van der Waals surface area contributed by atoms with Crippen LogP contribution in [0.4, 0.5) is 22.0 Å². The number of alkyl halides is 5. The van der Waals surface area contributed by atoms with Crippen molar-refractivity contribution in [2.24, 2.45) is 0 Å². The molecule has 0 saturated carbocycles. The average molecular weight is 225 g/mol. The van der Waals surface area contributed by atoms with Gasteiger partial charge < -0.3 is 0 Å². The second-order valence-corrected chi connectivity index (χ2v) is 2.56. The van der Waals surface area contributed by atoms with Crippen molar-refractivity contribution in [1.29, 1.82) is 0 Å². The van der Waals surface area contributed by atoms with Gasteiger partial charge in [0.15, 0.2) is 0 Å². The molecule has 0 N–H and O–H groups in total. The summed E-state index contributed by atoms with van der Waals surface area (Å²) in [6.07, 6.45) is -7.51. The normalized spacial score (nSPS) is 11.9. The van der Waals surface area contributed by atoms with Gasteiger partial charge in [-0.15, -0.1) is 0 Å². The molecule has 1 rings (SSSR count). The number of carbonyl (C=O) groups excluding carboxylic acids is 1. The van der Waals surface area contributed by atoms with Gasteiger partial charge in [0.05, 0.1) is 5.56 Å². The number of ketones is 1. The Labute approximate surface area is 80.7 Å². The van der Waals surface area contributed by atoms with E-state index < -0.39 is 29.6 Å². The van der Waals surface area contributed by atoms with E-state index in [4.69, 9.17) is 0 Å². The van der Waals surface area contributed by atoms with Crippen LogP contribution in [-0.4, -0.2) is 17.2 Å². The van der Waals surface area contributed by atoms with Gasteiger partial charge in [-0.1, -0.05) is 0 Å². The van der Waals surface area contributed by atoms with E-state index in [-0.39, 0.29) is 0 Å². The molecule has 0 aliphatic carbocycles. The molecule has 0 amide bonds. The summed E-state index contributed by atoms with van der Waals surface area (Å²) in [6, 6.07) is 1.45. The molecule has 0 saturated heterocycles. The van der Waals surface area contributed by atoms with Crippen molar-refractivity contribution in [3.63, 3.8) is 0 Å². The molecule has 0 aliphatic rings. The molecule has 0 fully saturated rings. The number of hydrogen-bond acceptors (Lipinski definition) is 2. The minimum Gasteiger partial charge on any atom is -0.286 e. The fourth-order valence-electron chi connectivity index (χ4n) is 0.934. The van der Waals surface area contributed by atoms with Gasteiger partial charge in [0.2, 0.25) is 5.78 Å². The van der Waals surface area contributed by atoms with Crippen molar-refractivity contribution in [2.75, 3.05) is 0 Å². The predicted molar refractivity (Wildman–Crippen MR) is 39.6 cm³/mol. The maximum atomic E-state index is 12.2. The van der Waals surface area contributed by atoms with E-state index in [0.29, 0.717) is 6.07 Å². The number of pyridine rings is 1. The molecule has 1 aromatic heterocycles. The molecule has 0 aliphatic heterocycles. The highest BCUT2D eigenvalue weighted by Gasteiger charge is 2.37. The molecular weight excluding hydrogens is 221 g/mol. The smallest absolute Gasteiger partial charge is 0.286 e. The Morgan fingerprint density at radius 1 is 1.33 bits per heavy atom. The van der Waals surface area contributed by atoms with E-state index in [9.17, 15) is 26.7 Å². The third kappa shape index (κ3) is 2.48. The molecule has 1 aromatic rings. The minimum atomic E-state index is -4.87. The average Bonchev–Trinajstić information content (AvgIpc) is 2.15. The minimum absolute atomic E-state index is 0.530. The molecule has 0 unspecified atom stereocenters. The highest BCUT2D eigenvalue weighted by molar-refractivity contribution is 5.98. The van der Waals surface area contributed by atoms with Crippen LogP contribution in [0.2, 0.25) is 0 Å². The lowest BCUT2D eigenvalue weighted by atomic mass is 10.1. The van der Waals surface area contributed by atoms with Crippen LogP contribution in [-0.2, 0) is 6.18 Å². The number of rotatable bonds is 2. The predicted octanol–water partition coefficient (Wildman–Crippen LogP) is 2.55. The van der Waals surface area contributed by atoms with Crippen LogP contribution in [0, 0.1) is 0 Å². The lowest BCUT2D eigenvalue weighted by molar-refractivity contribution is -0.138. The molecule has 1 heterocycles. The molecule has 2 nitrogen and oxygen atoms in total. The summed E-state index contributed by atoms with van der Waals surface area (Å²) in [6.45, 7) is 0. The third-order valence-electron chi connectivity index (χ3n) is 1.54. The zero-order valence-electron chi connectivity index (χ0n) is 7.05. The number of Topliss-reactive ketones (excluding diaryl/α,β-unsaturated/α-hetero) is 1. The Bertz CT molecular complexity index is 374. The van der Waals surface area contributed by atoms with Crippen molar-refractivity contribution in [2.45, 2.75) is 12.6 Å². The van der Waals surface area contributed by atoms with Gasteiger partial charge in [-0.3, -0.25) is 9.78 Å². The summed E-state index contributed by atoms with van der Waals surface area (Å²) >= 11 is 0. The first-order chi connectivity index (χ1) is 6.84. The number of aromatic nitrogens is 1. The number of carbonyl (C=O) groups is 1. The van der Waals surface area contributed by atoms with E-state index >= 15 is 0 Å². The molecule has 0 aromatic carbocycles. The zero-order valence-corrected chi connectivity index (χ0v) is 7.05. The van der Waals surface area contributed by atoms with Crippen molar-refractivity contribution in [3.8, 4) is 0 Å². The van der Waals surface area contributed by atoms with E-state index in [1.807, 2.05) is 0 Å². The number of halogens is 5. The fourth-order valence-corrected chi connectivity index (χ4v) is 0.934. The van der Waals surface area contributed by atoms with Gasteiger partial charge in [0, 0.05) is 6.20 Å². The van der Waals surface area contributed by atoms with E-state index in [1.165, 1.54) is 0 Å². The molecule has 0 atom stereocenters.